The van der Waals surface area contributed by atoms with Gasteiger partial charge in [-0.1, -0.05) is 27.7 Å². The maximum absolute atomic E-state index is 14.2. The zero-order valence-electron chi connectivity index (χ0n) is 36.4. The van der Waals surface area contributed by atoms with Gasteiger partial charge in [0.15, 0.2) is 12.6 Å². The zero-order valence-corrected chi connectivity index (χ0v) is 33.4. The highest BCUT2D eigenvalue weighted by atomic mass is 16.7. The lowest BCUT2D eigenvalue weighted by Gasteiger charge is -2.50. The SMILES string of the molecule is [2H]C([2H])([2H])N(C)C1CC(C)OC(O[C@@H]2[C@@H](C)C(OC3CC(C)(OC)C(O)C(C)O3)[C@@H](C)C(=O)OC(CC)[C@@](C)(O)[C@H](O)[C@@H](C)C(=O)[C@H](C)C[C@@]2(C)OC)C1O. The highest BCUT2D eigenvalue weighted by molar-refractivity contribution is 5.83. The normalized spacial score (nSPS) is 50.1. The summed E-state index contributed by atoms with van der Waals surface area (Å²) in [7, 11) is 4.31. The smallest absolute Gasteiger partial charge is 0.311 e. The highest BCUT2D eigenvalue weighted by Crippen LogP contribution is 2.41. The second-order valence-corrected chi connectivity index (χ2v) is 16.3. The molecule has 3 heterocycles. The molecule has 304 valence electrons. The summed E-state index contributed by atoms with van der Waals surface area (Å²) in [6, 6.07) is -0.887. The van der Waals surface area contributed by atoms with E-state index in [0.717, 1.165) is 4.90 Å². The molecule has 3 saturated heterocycles. The topological polar surface area (TPSA) is 183 Å². The van der Waals surface area contributed by atoms with Gasteiger partial charge in [-0.25, -0.2) is 0 Å². The van der Waals surface area contributed by atoms with Crippen molar-refractivity contribution < 1.29 is 67.3 Å². The van der Waals surface area contributed by atoms with E-state index in [2.05, 4.69) is 0 Å². The Morgan fingerprint density at radius 3 is 2.08 bits per heavy atom. The number of aliphatic hydroxyl groups excluding tert-OH is 3. The Labute approximate surface area is 314 Å². The van der Waals surface area contributed by atoms with Crippen LogP contribution >= 0.6 is 0 Å². The third-order valence-electron chi connectivity index (χ3n) is 12.1. The van der Waals surface area contributed by atoms with Crippen LogP contribution in [0.2, 0.25) is 0 Å². The van der Waals surface area contributed by atoms with Gasteiger partial charge in [0.2, 0.25) is 0 Å². The third-order valence-corrected chi connectivity index (χ3v) is 12.1. The summed E-state index contributed by atoms with van der Waals surface area (Å²) in [6.45, 7) is 13.9. The van der Waals surface area contributed by atoms with Crippen LogP contribution in [-0.2, 0) is 42.7 Å². The largest absolute Gasteiger partial charge is 0.459 e. The van der Waals surface area contributed by atoms with E-state index < -0.39 is 121 Å². The van der Waals surface area contributed by atoms with Gasteiger partial charge in [-0.3, -0.25) is 9.59 Å². The van der Waals surface area contributed by atoms with Crippen molar-refractivity contribution in [1.29, 1.82) is 0 Å². The molecule has 14 heteroatoms. The molecule has 4 N–H and O–H groups in total. The van der Waals surface area contributed by atoms with Gasteiger partial charge in [0.1, 0.15) is 29.7 Å². The van der Waals surface area contributed by atoms with Crippen LogP contribution in [-0.4, -0.2) is 150 Å². The van der Waals surface area contributed by atoms with Gasteiger partial charge in [-0.05, 0) is 74.8 Å². The minimum atomic E-state index is -2.53. The molecule has 3 fully saturated rings. The molecule has 18 atom stereocenters. The number of ketones is 1. The summed E-state index contributed by atoms with van der Waals surface area (Å²) in [6.07, 6.45) is -10.8. The maximum Gasteiger partial charge on any atom is 0.311 e. The van der Waals surface area contributed by atoms with Gasteiger partial charge in [0, 0.05) is 48.5 Å². The first-order valence-electron chi connectivity index (χ1n) is 20.2. The predicted molar refractivity (Wildman–Crippen MR) is 191 cm³/mol. The summed E-state index contributed by atoms with van der Waals surface area (Å²) < 4.78 is 67.6. The van der Waals surface area contributed by atoms with Crippen LogP contribution in [0.4, 0.5) is 0 Å². The van der Waals surface area contributed by atoms with Crippen molar-refractivity contribution in [1.82, 2.24) is 4.90 Å². The first-order valence-corrected chi connectivity index (χ1v) is 18.7. The molecule has 10 unspecified atom stereocenters. The number of cyclic esters (lactones) is 1. The number of carbonyl (C=O) groups excluding carboxylic acids is 2. The molecule has 0 radical (unpaired) electrons. The van der Waals surface area contributed by atoms with E-state index in [4.69, 9.17) is 37.3 Å². The molecule has 0 spiro atoms. The Hall–Kier alpha value is -1.30. The van der Waals surface area contributed by atoms with Gasteiger partial charge in [-0.2, -0.15) is 0 Å². The predicted octanol–water partition coefficient (Wildman–Crippen LogP) is 2.44. The lowest BCUT2D eigenvalue weighted by molar-refractivity contribution is -0.319. The number of nitrogens with zero attached hydrogens (tertiary/aromatic N) is 1. The van der Waals surface area contributed by atoms with E-state index in [1.54, 1.807) is 55.4 Å². The first-order chi connectivity index (χ1) is 25.2. The van der Waals surface area contributed by atoms with Crippen LogP contribution in [0.25, 0.3) is 0 Å². The van der Waals surface area contributed by atoms with Crippen molar-refractivity contribution in [2.24, 2.45) is 23.7 Å². The molecule has 0 aliphatic carbocycles. The molecular formula is C38H69NO13. The molecule has 3 aliphatic rings. The van der Waals surface area contributed by atoms with E-state index in [1.165, 1.54) is 35.1 Å². The Bertz CT molecular complexity index is 1290. The standard InChI is InChI=1S/C38H69NO13/c1-15-26-38(10,45)31(42)21(4)28(40)19(2)17-37(9,47-14)33(52-35-29(41)25(39(11)12)16-20(3)48-35)22(5)30(23(6)34(44)50-26)51-27-18-36(8,46-13)32(43)24(7)49-27/h19-27,29-33,35,41-43,45H,15-18H2,1-14H3/t19-,20?,21+,22+,23-,24?,25?,26?,27?,29?,30?,31-,32?,33-,35?,36?,37-,38-/m1/s1/i11D3. The van der Waals surface area contributed by atoms with E-state index in [0.29, 0.717) is 0 Å². The average Bonchev–Trinajstić information content (AvgIpc) is 3.11. The summed E-state index contributed by atoms with van der Waals surface area (Å²) in [4.78, 5) is 29.3. The Morgan fingerprint density at radius 2 is 1.52 bits per heavy atom. The van der Waals surface area contributed by atoms with Gasteiger partial charge in [0.05, 0.1) is 47.6 Å². The summed E-state index contributed by atoms with van der Waals surface area (Å²) >= 11 is 0. The number of hydrogen-bond acceptors (Lipinski definition) is 14. The van der Waals surface area contributed by atoms with Crippen LogP contribution < -0.4 is 0 Å². The third kappa shape index (κ3) is 9.38. The van der Waals surface area contributed by atoms with Gasteiger partial charge in [-0.15, -0.1) is 0 Å². The van der Waals surface area contributed by atoms with Crippen LogP contribution in [0.5, 0.6) is 0 Å². The van der Waals surface area contributed by atoms with Crippen LogP contribution in [0.3, 0.4) is 0 Å². The van der Waals surface area contributed by atoms with Crippen LogP contribution in [0.15, 0.2) is 0 Å². The van der Waals surface area contributed by atoms with E-state index in [-0.39, 0.29) is 31.5 Å². The quantitative estimate of drug-likeness (QED) is 0.266. The maximum atomic E-state index is 14.2. The monoisotopic (exact) mass is 750 g/mol. The fourth-order valence-electron chi connectivity index (χ4n) is 8.46. The van der Waals surface area contributed by atoms with E-state index >= 15 is 0 Å². The molecule has 0 aromatic rings. The van der Waals surface area contributed by atoms with Crippen molar-refractivity contribution in [3.63, 3.8) is 0 Å². The molecule has 52 heavy (non-hydrogen) atoms. The lowest BCUT2D eigenvalue weighted by atomic mass is 9.74. The van der Waals surface area contributed by atoms with Crippen LogP contribution in [0, 0.1) is 23.7 Å². The molecule has 0 aromatic heterocycles. The zero-order chi connectivity index (χ0) is 42.2. The minimum Gasteiger partial charge on any atom is -0.459 e. The number of aliphatic hydroxyl groups is 4. The van der Waals surface area contributed by atoms with Gasteiger partial charge < -0.3 is 58.5 Å². The van der Waals surface area contributed by atoms with Crippen molar-refractivity contribution in [3.05, 3.63) is 0 Å². The van der Waals surface area contributed by atoms with E-state index in [9.17, 15) is 30.0 Å². The second-order valence-electron chi connectivity index (χ2n) is 16.3. The second kappa shape index (κ2) is 17.7. The van der Waals surface area contributed by atoms with Gasteiger partial charge >= 0.3 is 5.97 Å². The number of carbonyl (C=O) groups is 2. The summed E-state index contributed by atoms with van der Waals surface area (Å²) in [5.74, 6) is -4.95. The molecule has 0 saturated carbocycles. The molecule has 0 bridgehead atoms. The molecule has 3 rings (SSSR count). The number of esters is 1. The average molecular weight is 751 g/mol. The lowest BCUT2D eigenvalue weighted by Crippen LogP contribution is -2.61. The number of ether oxygens (including phenoxy) is 7. The summed E-state index contributed by atoms with van der Waals surface area (Å²) in [5.41, 5.74) is -4.47. The van der Waals surface area contributed by atoms with E-state index in [1.807, 2.05) is 0 Å². The van der Waals surface area contributed by atoms with Crippen molar-refractivity contribution in [2.45, 2.75) is 179 Å². The highest BCUT2D eigenvalue weighted by Gasteiger charge is 2.54. The minimum absolute atomic E-state index is 0.0150. The summed E-state index contributed by atoms with van der Waals surface area (Å²) in [5, 5.41) is 45.7. The first kappa shape index (κ1) is 40.4. The van der Waals surface area contributed by atoms with Crippen LogP contribution in [0.1, 0.15) is 99.0 Å². The Kier molecular flexibility index (Phi) is 13.7. The fourth-order valence-corrected chi connectivity index (χ4v) is 8.46. The molecule has 3 aliphatic heterocycles. The number of methoxy groups -OCH3 is 2. The number of likely N-dealkylation sites (N-methyl/N-ethyl adjacent to an activating group) is 1. The Morgan fingerprint density at radius 1 is 0.904 bits per heavy atom. The fraction of sp³-hybridized carbons (Fsp3) is 0.947. The molecule has 14 nitrogen and oxygen atoms in total. The number of rotatable bonds is 8. The number of hydrogen-bond donors (Lipinski definition) is 4. The van der Waals surface area contributed by atoms with Crippen molar-refractivity contribution >= 4 is 11.8 Å². The molecule has 0 aromatic carbocycles. The van der Waals surface area contributed by atoms with Gasteiger partial charge in [0.25, 0.3) is 0 Å². The molecular weight excluding hydrogens is 678 g/mol. The number of Topliss-reactive ketones (excluding diaryl/α,β-unsaturated/α-hetero) is 1. The van der Waals surface area contributed by atoms with Crippen molar-refractivity contribution in [3.8, 4) is 0 Å². The molecule has 0 amide bonds. The Balaban J connectivity index is 2.24. The van der Waals surface area contributed by atoms with Crippen molar-refractivity contribution in [2.75, 3.05) is 28.2 Å².